The number of H-pyrrole nitrogens is 2. The number of aromatic hydroxyl groups is 2. The molecule has 8 heterocycles. The van der Waals surface area contributed by atoms with Gasteiger partial charge >= 0.3 is 30.1 Å². The lowest BCUT2D eigenvalue weighted by molar-refractivity contribution is -0.192. The van der Waals surface area contributed by atoms with E-state index in [4.69, 9.17) is 48.5 Å². The largest absolute Gasteiger partial charge is 0.508 e. The number of aromatic amines is 2. The van der Waals surface area contributed by atoms with Crippen LogP contribution in [0.25, 0.3) is 0 Å². The Morgan fingerprint density at radius 2 is 0.707 bits per heavy atom. The van der Waals surface area contributed by atoms with Gasteiger partial charge in [-0.1, -0.05) is 131 Å². The molecule has 5 saturated carbocycles. The van der Waals surface area contributed by atoms with Gasteiger partial charge in [-0.3, -0.25) is 4.79 Å². The highest BCUT2D eigenvalue weighted by molar-refractivity contribution is 5.90. The van der Waals surface area contributed by atoms with Crippen LogP contribution in [0.15, 0.2) is 146 Å². The number of phenolic OH excluding ortho intramolecular Hbond substituents is 2. The van der Waals surface area contributed by atoms with Crippen molar-refractivity contribution in [1.82, 2.24) is 70.7 Å². The number of carbonyl (C=O) groups excluding carboxylic acids is 3. The maximum absolute atomic E-state index is 12.6. The molecule has 6 aromatic carbocycles. The minimum atomic E-state index is -5.08. The number of alkyl halides is 3. The van der Waals surface area contributed by atoms with Gasteiger partial charge in [0.25, 0.3) is 17.6 Å². The summed E-state index contributed by atoms with van der Waals surface area (Å²) < 4.78 is 66.3. The first-order valence-corrected chi connectivity index (χ1v) is 51.5. The highest BCUT2D eigenvalue weighted by Gasteiger charge is 2.39. The number of benzene rings is 6. The predicted octanol–water partition coefficient (Wildman–Crippen LogP) is 21.8. The number of carboxylic acid groups (broad SMARTS) is 2. The Morgan fingerprint density at radius 1 is 0.393 bits per heavy atom. The number of aliphatic carboxylic acids is 1. The molecule has 0 amide bonds. The van der Waals surface area contributed by atoms with Crippen LogP contribution in [0.4, 0.5) is 13.2 Å². The first kappa shape index (κ1) is 106. The molecule has 5 aliphatic heterocycles. The third-order valence-corrected chi connectivity index (χ3v) is 29.2. The van der Waals surface area contributed by atoms with Crippen molar-refractivity contribution in [2.75, 3.05) is 85.8 Å². The third kappa shape index (κ3) is 32.6. The maximum Gasteiger partial charge on any atom is 0.490 e. The first-order valence-electron chi connectivity index (χ1n) is 51.5. The Morgan fingerprint density at radius 3 is 1.03 bits per heavy atom. The number of phenols is 2. The smallest absolute Gasteiger partial charge is 0.490 e. The average molecular weight is 1940 g/mol. The van der Waals surface area contributed by atoms with Crippen molar-refractivity contribution in [2.24, 2.45) is 0 Å². The summed E-state index contributed by atoms with van der Waals surface area (Å²) in [6.07, 6.45) is 39.5. The number of ketones is 1. The Labute approximate surface area is 821 Å². The molecule has 32 heteroatoms. The fourth-order valence-electron chi connectivity index (χ4n) is 21.4. The molecule has 3 aromatic heterocycles. The van der Waals surface area contributed by atoms with Gasteiger partial charge in [0.15, 0.2) is 0 Å². The lowest BCUT2D eigenvalue weighted by atomic mass is 9.81. The molecule has 29 nitrogen and oxygen atoms in total. The number of hydrogen-bond donors (Lipinski definition) is 7. The van der Waals surface area contributed by atoms with E-state index in [1.54, 1.807) is 37.8 Å². The van der Waals surface area contributed by atoms with E-state index in [0.29, 0.717) is 83.5 Å². The summed E-state index contributed by atoms with van der Waals surface area (Å²) in [5.74, 6) is 2.13. The summed E-state index contributed by atoms with van der Waals surface area (Å²) in [5.41, 5.74) is 7.74. The van der Waals surface area contributed by atoms with E-state index in [2.05, 4.69) is 115 Å². The fraction of sp³-hybridized carbons (Fsp3) is 0.565. The second-order valence-corrected chi connectivity index (χ2v) is 38.5. The molecule has 9 aromatic rings. The fourth-order valence-corrected chi connectivity index (χ4v) is 21.4. The highest BCUT2D eigenvalue weighted by Crippen LogP contribution is 2.43. The lowest BCUT2D eigenvalue weighted by Gasteiger charge is -2.39. The summed E-state index contributed by atoms with van der Waals surface area (Å²) in [6.45, 7) is 17.3. The average Bonchev–Trinajstić information content (AvgIpc) is 1.63. The molecule has 140 heavy (non-hydrogen) atoms. The number of carbonyl (C=O) groups is 5. The molecule has 5 aliphatic carbocycles. The number of aromatic carboxylic acids is 1. The molecule has 0 radical (unpaired) electrons. The normalized spacial score (nSPS) is 22.2. The van der Waals surface area contributed by atoms with Crippen LogP contribution in [0.3, 0.4) is 0 Å². The summed E-state index contributed by atoms with van der Waals surface area (Å²) in [6, 6.07) is 50.3. The van der Waals surface area contributed by atoms with Gasteiger partial charge in [0.2, 0.25) is 17.1 Å². The van der Waals surface area contributed by atoms with Crippen molar-refractivity contribution < 1.29 is 86.0 Å². The Hall–Kier alpha value is -11.3. The van der Waals surface area contributed by atoms with Crippen molar-refractivity contribution in [3.05, 3.63) is 196 Å². The summed E-state index contributed by atoms with van der Waals surface area (Å²) in [7, 11) is 1.63. The van der Waals surface area contributed by atoms with E-state index in [0.717, 1.165) is 48.3 Å². The van der Waals surface area contributed by atoms with Crippen LogP contribution in [0.2, 0.25) is 0 Å². The van der Waals surface area contributed by atoms with Crippen LogP contribution in [-0.2, 0) is 25.6 Å². The molecular formula is C108H145F3N14O15. The zero-order chi connectivity index (χ0) is 98.4. The van der Waals surface area contributed by atoms with Gasteiger partial charge < -0.3 is 73.8 Å². The molecule has 0 bridgehead atoms. The van der Waals surface area contributed by atoms with Crippen LogP contribution in [0.5, 0.6) is 52.1 Å². The van der Waals surface area contributed by atoms with E-state index in [-0.39, 0.29) is 47.9 Å². The second kappa shape index (κ2) is 55.2. The number of nitrogens with one attached hydrogen (secondary N) is 3. The third-order valence-electron chi connectivity index (χ3n) is 29.2. The number of ether oxygens (including phenoxy) is 6. The summed E-state index contributed by atoms with van der Waals surface area (Å²) in [5, 5.41) is 65.8. The van der Waals surface area contributed by atoms with Crippen molar-refractivity contribution in [1.29, 1.82) is 0 Å². The number of halogens is 3. The summed E-state index contributed by atoms with van der Waals surface area (Å²) >= 11 is 0. The van der Waals surface area contributed by atoms with E-state index in [1.807, 2.05) is 84.9 Å². The second-order valence-electron chi connectivity index (χ2n) is 38.5. The van der Waals surface area contributed by atoms with Gasteiger partial charge in [-0.15, -0.1) is 5.10 Å². The van der Waals surface area contributed by atoms with Crippen molar-refractivity contribution in [3.8, 4) is 52.1 Å². The standard InChI is InChI=1S/C30H38N4O4.C22H30N4O3.C20H26N4O3.C17H25NO.C12H14O2.C5H11N.C2HF3O2/c1-3-37-30(35)28-29(34(32-31-28)21-22-7-15-26(36-2)16-8-22)38-27-17-11-24(12-18-27)23-9-13-25(14-10-23)33-19-5-4-6-20-33;1-2-28-22(27)20-21(24-25-23-20)29-19-12-8-17(9-13-19)16-6-10-18(11-7-16)26-14-4-3-5-15-26;25-20(26)18-19(22-23-21-18)27-17-10-6-15(7-11-17)14-4-8-16(9-5-14)24-12-2-1-3-13-24;19-17-10-6-15(7-11-17)14-4-8-16(9-5-14)18-12-2-1-3-13-18;13-11-5-1-9(2-6-11)10-3-7-12(14)8-4-10;1-2-4-6-5-3-1;3-2(4,5)1(6)7/h7-8,11-12,15-18,23,25H,3-6,9-10,13-14,19-21H2,1-2H3;8-9,12-13,16,18H,2-7,10-11,14-15H2,1H3,(H,23,24,25);6-7,10-11,14,16H,1-5,8-9,12-13H2,(H,25,26)(H,21,22,23);6-7,10-11,14,16,19H,1-5,8-9,12-13H2;1-2,5-6,10,13H,3-4,7-8H2;6H,1-5H2;(H,6,7). The minimum Gasteiger partial charge on any atom is -0.508 e. The number of esters is 2. The molecule has 5 saturated heterocycles. The number of Topliss-reactive ketones (excluding diaryl/α,β-unsaturated/α-hetero) is 1. The zero-order valence-electron chi connectivity index (χ0n) is 81.8. The molecule has 10 fully saturated rings. The number of aromatic nitrogens is 9. The van der Waals surface area contributed by atoms with Gasteiger partial charge in [-0.05, 0) is 395 Å². The zero-order valence-corrected chi connectivity index (χ0v) is 81.8. The number of rotatable bonds is 23. The van der Waals surface area contributed by atoms with E-state index in [9.17, 15) is 37.5 Å². The molecule has 758 valence electrons. The van der Waals surface area contributed by atoms with Crippen LogP contribution < -0.4 is 24.3 Å². The number of piperidine rings is 5. The van der Waals surface area contributed by atoms with Crippen LogP contribution in [0, 0.1) is 0 Å². The monoisotopic (exact) mass is 1940 g/mol. The minimum absolute atomic E-state index is 0.0164. The molecular weight excluding hydrogens is 1790 g/mol. The van der Waals surface area contributed by atoms with Gasteiger partial charge in [0, 0.05) is 37.0 Å². The van der Waals surface area contributed by atoms with E-state index >= 15 is 0 Å². The van der Waals surface area contributed by atoms with Gasteiger partial charge in [0.1, 0.15) is 40.3 Å². The van der Waals surface area contributed by atoms with E-state index in [1.165, 1.54) is 292 Å². The predicted molar refractivity (Wildman–Crippen MR) is 528 cm³/mol. The first-order chi connectivity index (χ1) is 68.1. The summed E-state index contributed by atoms with van der Waals surface area (Å²) in [4.78, 5) is 66.4. The number of methoxy groups -OCH3 is 1. The number of nitrogens with zero attached hydrogens (tertiary/aromatic N) is 11. The molecule has 10 aliphatic rings. The Balaban J connectivity index is 0.000000146. The number of hydrogen-bond acceptors (Lipinski definition) is 24. The highest BCUT2D eigenvalue weighted by atomic mass is 19.4. The Bertz CT molecular complexity index is 5140. The topological polar surface area (TPSA) is 360 Å². The Kier molecular flexibility index (Phi) is 41.8. The van der Waals surface area contributed by atoms with Crippen LogP contribution >= 0.6 is 0 Å². The van der Waals surface area contributed by atoms with Crippen molar-refractivity contribution in [2.45, 2.75) is 305 Å². The van der Waals surface area contributed by atoms with Gasteiger partial charge in [-0.2, -0.15) is 13.2 Å². The quantitative estimate of drug-likeness (QED) is 0.0292. The molecule has 0 spiro atoms. The van der Waals surface area contributed by atoms with Crippen molar-refractivity contribution >= 4 is 29.7 Å². The van der Waals surface area contributed by atoms with Gasteiger partial charge in [0.05, 0.1) is 26.9 Å². The lowest BCUT2D eigenvalue weighted by Crippen LogP contribution is -2.41. The molecule has 19 rings (SSSR count). The van der Waals surface area contributed by atoms with Crippen LogP contribution in [-0.4, -0.2) is 232 Å². The van der Waals surface area contributed by atoms with E-state index < -0.39 is 30.1 Å². The SMILES string of the molecule is C1CCNCC1.CCOC(=O)c1[nH]nnc1Oc1ccc(C2CCC(N3CCCCC3)CC2)cc1.CCOC(=O)c1nnn(Cc2ccc(OC)cc2)c1Oc1ccc(C2CCC(N3CCCCC3)CC2)cc1.O=C(O)C(F)(F)F.O=C(O)c1[nH]nnc1Oc1ccc(C2CCC(N3CCCCC3)CC2)cc1.O=C1CCC(c2ccc(O)cc2)CC1.Oc1ccc(C2CCC(N3CCCCC3)CC2)cc1. The van der Waals surface area contributed by atoms with Crippen LogP contribution in [0.1, 0.15) is 333 Å². The molecule has 7 N–H and O–H groups in total. The maximum atomic E-state index is 12.6. The van der Waals surface area contributed by atoms with Crippen molar-refractivity contribution in [3.63, 3.8) is 0 Å². The number of carboxylic acids is 2. The molecule has 0 unspecified atom stereocenters. The number of likely N-dealkylation sites (tertiary alicyclic amines) is 4. The molecule has 0 atom stereocenters. The van der Waals surface area contributed by atoms with Gasteiger partial charge in [-0.25, -0.2) is 34.1 Å².